The summed E-state index contributed by atoms with van der Waals surface area (Å²) in [6, 6.07) is 41.0. The highest BCUT2D eigenvalue weighted by Crippen LogP contribution is 2.42. The van der Waals surface area contributed by atoms with Crippen molar-refractivity contribution in [1.82, 2.24) is 9.97 Å². The summed E-state index contributed by atoms with van der Waals surface area (Å²) >= 11 is 1.76. The van der Waals surface area contributed by atoms with Crippen LogP contribution in [0.4, 0.5) is 17.1 Å². The second kappa shape index (κ2) is 17.7. The average Bonchev–Trinajstić information content (AvgIpc) is 3.96. The van der Waals surface area contributed by atoms with E-state index in [0.29, 0.717) is 5.82 Å². The number of aromatic nitrogens is 2. The molecule has 0 aliphatic heterocycles. The Labute approximate surface area is 433 Å². The van der Waals surface area contributed by atoms with Gasteiger partial charge in [-0.15, -0.1) is 22.3 Å². The van der Waals surface area contributed by atoms with E-state index in [4.69, 9.17) is 14.4 Å². The molecule has 3 heterocycles. The summed E-state index contributed by atoms with van der Waals surface area (Å²) in [5.74, 6) is 0.707. The summed E-state index contributed by atoms with van der Waals surface area (Å²) in [6.45, 7) is 0. The number of nitrogens with zero attached hydrogens (tertiary/aromatic N) is 3. The molecule has 19 heteroatoms. The molecule has 0 saturated carbocycles. The Morgan fingerprint density at radius 3 is 1.49 bits per heavy atom. The van der Waals surface area contributed by atoms with Crippen LogP contribution in [0.2, 0.25) is 0 Å². The van der Waals surface area contributed by atoms with E-state index in [0.717, 1.165) is 71.1 Å². The lowest BCUT2D eigenvalue weighted by atomic mass is 9.59. The van der Waals surface area contributed by atoms with Gasteiger partial charge in [0.05, 0.1) is 15.9 Å². The van der Waals surface area contributed by atoms with Crippen molar-refractivity contribution in [3.63, 3.8) is 0 Å². The molecular weight excluding hydrogens is 866 g/mol. The van der Waals surface area contributed by atoms with Crippen LogP contribution in [-0.4, -0.2) is 120 Å². The Hall–Kier alpha value is -6.43. The van der Waals surface area contributed by atoms with Crippen molar-refractivity contribution in [3.05, 3.63) is 115 Å². The first-order valence-corrected chi connectivity index (χ1v) is 25.7. The van der Waals surface area contributed by atoms with E-state index in [2.05, 4.69) is 230 Å². The molecular formula is C52H47B14N3OS. The highest BCUT2D eigenvalue weighted by Gasteiger charge is 2.29. The van der Waals surface area contributed by atoms with Gasteiger partial charge < -0.3 is 9.32 Å². The molecule has 8 aromatic carbocycles. The lowest BCUT2D eigenvalue weighted by Crippen LogP contribution is -2.60. The van der Waals surface area contributed by atoms with Crippen LogP contribution in [0.5, 0.6) is 0 Å². The number of anilines is 3. The molecule has 4 nitrogen and oxygen atoms in total. The molecule has 11 rings (SSSR count). The Morgan fingerprint density at radius 1 is 0.394 bits per heavy atom. The quantitative estimate of drug-likeness (QED) is 0.149. The van der Waals surface area contributed by atoms with Crippen LogP contribution in [0.15, 0.2) is 120 Å². The zero-order valence-corrected chi connectivity index (χ0v) is 44.4. The normalized spacial score (nSPS) is 11.6. The third kappa shape index (κ3) is 7.31. The van der Waals surface area contributed by atoms with E-state index in [-0.39, 0.29) is 0 Å². The summed E-state index contributed by atoms with van der Waals surface area (Å²) in [5.41, 5.74) is 32.6. The Kier molecular flexibility index (Phi) is 11.7. The Bertz CT molecular complexity index is 3930. The molecule has 0 fully saturated rings. The predicted molar refractivity (Wildman–Crippen MR) is 353 cm³/mol. The minimum Gasteiger partial charge on any atom is -0.456 e. The molecule has 11 aromatic rings. The average molecular weight is 913 g/mol. The van der Waals surface area contributed by atoms with Crippen molar-refractivity contribution >= 4 is 257 Å². The molecule has 0 atom stereocenters. The van der Waals surface area contributed by atoms with E-state index in [1.807, 2.05) is 0 Å². The molecule has 0 bridgehead atoms. The molecule has 0 aliphatic rings. The van der Waals surface area contributed by atoms with Gasteiger partial charge in [-0.2, -0.15) is 0 Å². The van der Waals surface area contributed by atoms with E-state index in [9.17, 15) is 0 Å². The summed E-state index contributed by atoms with van der Waals surface area (Å²) < 4.78 is 9.15. The van der Waals surface area contributed by atoms with E-state index >= 15 is 0 Å². The highest BCUT2D eigenvalue weighted by molar-refractivity contribution is 7.26. The maximum absolute atomic E-state index is 6.84. The number of hydrogen-bond acceptors (Lipinski definition) is 5. The first kappa shape index (κ1) is 46.9. The van der Waals surface area contributed by atoms with E-state index in [1.54, 1.807) is 11.3 Å². The van der Waals surface area contributed by atoms with Crippen LogP contribution in [0.3, 0.4) is 0 Å². The number of rotatable bonds is 7. The van der Waals surface area contributed by atoms with E-state index in [1.165, 1.54) is 104 Å². The summed E-state index contributed by atoms with van der Waals surface area (Å²) in [5, 5.41) is 3.35. The second-order valence-electron chi connectivity index (χ2n) is 20.1. The molecule has 0 saturated heterocycles. The molecule has 0 amide bonds. The van der Waals surface area contributed by atoms with E-state index < -0.39 is 0 Å². The van der Waals surface area contributed by atoms with Gasteiger partial charge in [0.2, 0.25) is 0 Å². The number of furan rings is 1. The van der Waals surface area contributed by atoms with Crippen LogP contribution in [0.25, 0.3) is 87.1 Å². The lowest BCUT2D eigenvalue weighted by molar-refractivity contribution is 0.669. The summed E-state index contributed by atoms with van der Waals surface area (Å²) in [6.07, 6.45) is 0. The molecule has 0 spiro atoms. The first-order valence-electron chi connectivity index (χ1n) is 24.9. The van der Waals surface area contributed by atoms with Crippen LogP contribution in [0, 0.1) is 0 Å². The van der Waals surface area contributed by atoms with Crippen molar-refractivity contribution < 1.29 is 4.42 Å². The van der Waals surface area contributed by atoms with Crippen molar-refractivity contribution in [2.75, 3.05) is 4.90 Å². The maximum Gasteiger partial charge on any atom is 0.160 e. The van der Waals surface area contributed by atoms with Crippen LogP contribution < -0.4 is 81.4 Å². The Balaban J connectivity index is 1.15. The Morgan fingerprint density at radius 2 is 0.887 bits per heavy atom. The monoisotopic (exact) mass is 915 g/mol. The fraction of sp³-hybridized carbons (Fsp3) is 0. The topological polar surface area (TPSA) is 42.2 Å². The van der Waals surface area contributed by atoms with Crippen molar-refractivity contribution in [1.29, 1.82) is 0 Å². The number of thiophene rings is 1. The van der Waals surface area contributed by atoms with Crippen LogP contribution in [0.1, 0.15) is 0 Å². The van der Waals surface area contributed by atoms with Crippen LogP contribution in [-0.2, 0) is 0 Å². The summed E-state index contributed by atoms with van der Waals surface area (Å²) in [4.78, 5) is 13.4. The number of benzene rings is 8. The van der Waals surface area contributed by atoms with Crippen LogP contribution >= 0.6 is 11.3 Å². The fourth-order valence-electron chi connectivity index (χ4n) is 11.6. The molecule has 71 heavy (non-hydrogen) atoms. The largest absolute Gasteiger partial charge is 0.456 e. The lowest BCUT2D eigenvalue weighted by Gasteiger charge is -2.39. The molecule has 0 N–H and O–H groups in total. The minimum atomic E-state index is 0.707. The summed E-state index contributed by atoms with van der Waals surface area (Å²) in [7, 11) is 32.4. The molecule has 0 aliphatic carbocycles. The first-order chi connectivity index (χ1) is 34.1. The molecule has 0 unspecified atom stereocenters. The van der Waals surface area contributed by atoms with Crippen molar-refractivity contribution in [2.24, 2.45) is 0 Å². The highest BCUT2D eigenvalue weighted by atomic mass is 32.1. The smallest absolute Gasteiger partial charge is 0.160 e. The van der Waals surface area contributed by atoms with Gasteiger partial charge in [0.25, 0.3) is 0 Å². The van der Waals surface area contributed by atoms with Gasteiger partial charge in [0.15, 0.2) is 5.82 Å². The minimum absolute atomic E-state index is 0.707. The predicted octanol–water partition coefficient (Wildman–Crippen LogP) is -9.50. The zero-order chi connectivity index (χ0) is 49.9. The number of para-hydroxylation sites is 1. The fourth-order valence-corrected chi connectivity index (χ4v) is 12.7. The third-order valence-electron chi connectivity index (χ3n) is 16.6. The standard InChI is InChI=1S/C52H47B14N3OS/c53-32-30(33(54)41(62)48(40(32)61)69(49-42(63)36(57)34(55)37(58)43(49)64)50-44(65)38(59)35(56)39(60)45(50)66)23-18-26(31-24-13-4-6-15-27(24)70-28(31)19-23)21-11-8-12-22(17-21)52-67-46(20-9-2-1-3-10-20)51-47(68-52)25-14-5-7-16-29(25)71-51/h1-19H,53-66H2. The van der Waals surface area contributed by atoms with Gasteiger partial charge in [-0.1, -0.05) is 150 Å². The van der Waals surface area contributed by atoms with Gasteiger partial charge in [0, 0.05) is 49.0 Å². The molecule has 3 aromatic heterocycles. The SMILES string of the molecule is Bc1c(B)c(B)c(N(c2c(B)c(B)c(B)c(B)c2B)c2c(B)c(B)c(-c3cc(-c4cccc(-c5nc(-c6ccccc6)c6sc7ccccc7c6n5)c4)c4c(c3)oc3ccccc34)c(B)c2B)c(B)c1B. The van der Waals surface area contributed by atoms with Gasteiger partial charge in [0.1, 0.15) is 121 Å². The van der Waals surface area contributed by atoms with Crippen molar-refractivity contribution in [2.45, 2.75) is 0 Å². The zero-order valence-electron chi connectivity index (χ0n) is 43.6. The second-order valence-corrected chi connectivity index (χ2v) is 21.2. The molecule has 324 valence electrons. The maximum atomic E-state index is 6.84. The van der Waals surface area contributed by atoms with Gasteiger partial charge in [-0.3, -0.25) is 0 Å². The molecule has 0 radical (unpaired) electrons. The number of fused-ring (bicyclic) bond motifs is 6. The van der Waals surface area contributed by atoms with Gasteiger partial charge >= 0.3 is 0 Å². The van der Waals surface area contributed by atoms with Gasteiger partial charge in [-0.25, -0.2) is 9.97 Å². The van der Waals surface area contributed by atoms with Crippen molar-refractivity contribution in [3.8, 4) is 44.9 Å². The third-order valence-corrected chi connectivity index (χ3v) is 17.8. The number of hydrogen-bond donors (Lipinski definition) is 0. The van der Waals surface area contributed by atoms with Gasteiger partial charge in [-0.05, 0) is 52.6 Å².